The van der Waals surface area contributed by atoms with Crippen LogP contribution in [0, 0.1) is 11.3 Å². The minimum atomic E-state index is -1.40. The van der Waals surface area contributed by atoms with E-state index in [1.807, 2.05) is 6.07 Å². The van der Waals surface area contributed by atoms with Crippen LogP contribution in [-0.2, 0) is 13.3 Å². The Morgan fingerprint density at radius 3 is 1.94 bits per heavy atom. The van der Waals surface area contributed by atoms with Crippen molar-refractivity contribution < 1.29 is 38.1 Å². The summed E-state index contributed by atoms with van der Waals surface area (Å²) in [7, 11) is 0. The van der Waals surface area contributed by atoms with Crippen LogP contribution in [0.2, 0.25) is 0 Å². The van der Waals surface area contributed by atoms with Crippen LogP contribution in [-0.4, -0.2) is 27.1 Å². The molecule has 2 aromatic carbocycles. The highest BCUT2D eigenvalue weighted by Gasteiger charge is 2.18. The van der Waals surface area contributed by atoms with Crippen LogP contribution in [0.1, 0.15) is 37.4 Å². The highest BCUT2D eigenvalue weighted by Crippen LogP contribution is 2.33. The molecule has 0 aliphatic carbocycles. The van der Waals surface area contributed by atoms with Crippen LogP contribution in [0.3, 0.4) is 0 Å². The molecule has 0 radical (unpaired) electrons. The normalized spacial score (nSPS) is 10.3. The van der Waals surface area contributed by atoms with Gasteiger partial charge in [-0.1, -0.05) is 6.07 Å². The van der Waals surface area contributed by atoms with E-state index < -0.39 is 25.3 Å². The smallest absolute Gasteiger partial charge is 0.335 e. The molecule has 32 heavy (non-hydrogen) atoms. The van der Waals surface area contributed by atoms with Crippen molar-refractivity contribution in [3.8, 4) is 29.3 Å². The van der Waals surface area contributed by atoms with E-state index in [1.54, 1.807) is 6.07 Å². The molecule has 0 saturated heterocycles. The zero-order chi connectivity index (χ0) is 23.3. The minimum absolute atomic E-state index is 0.0853. The zero-order valence-corrected chi connectivity index (χ0v) is 16.2. The maximum Gasteiger partial charge on any atom is 0.335 e. The van der Waals surface area contributed by atoms with Gasteiger partial charge in [-0.15, -0.1) is 0 Å². The highest BCUT2D eigenvalue weighted by atomic mass is 19.1. The van der Waals surface area contributed by atoms with E-state index >= 15 is 0 Å². The highest BCUT2D eigenvalue weighted by molar-refractivity contribution is 5.94. The molecule has 1 heterocycles. The number of aromatic carboxylic acids is 2. The molecule has 0 amide bonds. The van der Waals surface area contributed by atoms with Gasteiger partial charge in [-0.2, -0.15) is 10.2 Å². The molecule has 0 aliphatic rings. The van der Waals surface area contributed by atoms with Crippen LogP contribution in [0.25, 0.3) is 0 Å². The van der Waals surface area contributed by atoms with Gasteiger partial charge < -0.3 is 19.7 Å². The summed E-state index contributed by atoms with van der Waals surface area (Å²) < 4.78 is 38.1. The summed E-state index contributed by atoms with van der Waals surface area (Å²) >= 11 is 0. The van der Waals surface area contributed by atoms with E-state index in [9.17, 15) is 28.6 Å². The number of carbonyl (C=O) groups is 2. The van der Waals surface area contributed by atoms with Crippen LogP contribution < -0.4 is 9.47 Å². The van der Waals surface area contributed by atoms with E-state index in [0.717, 1.165) is 24.3 Å². The number of hydrogen-bond acceptors (Lipinski definition) is 6. The summed E-state index contributed by atoms with van der Waals surface area (Å²) in [6.45, 7) is -2.13. The number of halogens is 2. The number of pyridine rings is 1. The third-order valence-electron chi connectivity index (χ3n) is 4.18. The summed E-state index contributed by atoms with van der Waals surface area (Å²) in [5.74, 6) is -3.48. The van der Waals surface area contributed by atoms with E-state index in [1.165, 1.54) is 18.2 Å². The second kappa shape index (κ2) is 9.53. The average Bonchev–Trinajstić information content (AvgIpc) is 2.79. The number of nitriles is 1. The van der Waals surface area contributed by atoms with Crippen molar-refractivity contribution in [3.05, 3.63) is 76.3 Å². The van der Waals surface area contributed by atoms with E-state index in [0.29, 0.717) is 0 Å². The number of nitrogens with zero attached hydrogens (tertiary/aromatic N) is 2. The number of rotatable bonds is 8. The Morgan fingerprint density at radius 2 is 1.44 bits per heavy atom. The Labute approximate surface area is 179 Å². The summed E-state index contributed by atoms with van der Waals surface area (Å²) in [5, 5.41) is 27.4. The molecular weight excluding hydrogens is 426 g/mol. The number of carboxylic acid groups (broad SMARTS) is 2. The van der Waals surface area contributed by atoms with Gasteiger partial charge in [0, 0.05) is 11.1 Å². The molecule has 3 rings (SSSR count). The lowest BCUT2D eigenvalue weighted by atomic mass is 10.1. The van der Waals surface area contributed by atoms with Crippen molar-refractivity contribution in [2.75, 3.05) is 0 Å². The lowest BCUT2D eigenvalue weighted by molar-refractivity contribution is 0.0696. The van der Waals surface area contributed by atoms with Crippen LogP contribution in [0.15, 0.2) is 48.5 Å². The van der Waals surface area contributed by atoms with Gasteiger partial charge in [0.2, 0.25) is 11.8 Å². The SMILES string of the molecule is N#Cc1cccc(Oc2nc(Oc3cc(C(=O)O)cc(C(=O)O)c3)c(CF)cc2CF)c1. The monoisotopic (exact) mass is 440 g/mol. The van der Waals surface area contributed by atoms with Gasteiger partial charge in [-0.3, -0.25) is 0 Å². The molecule has 0 aliphatic heterocycles. The van der Waals surface area contributed by atoms with Gasteiger partial charge >= 0.3 is 11.9 Å². The first-order valence-electron chi connectivity index (χ1n) is 8.97. The molecule has 2 N–H and O–H groups in total. The average molecular weight is 440 g/mol. The van der Waals surface area contributed by atoms with Crippen LogP contribution >= 0.6 is 0 Å². The summed E-state index contributed by atoms with van der Waals surface area (Å²) in [4.78, 5) is 26.6. The fourth-order valence-electron chi connectivity index (χ4n) is 2.70. The standard InChI is InChI=1S/C22H14F2N2O6/c23-9-15-6-16(10-24)20(26-19(15)31-17-3-1-2-12(4-17)11-25)32-18-7-13(21(27)28)5-14(8-18)22(29)30/h1-8H,9-10H2,(H,27,28)(H,29,30). The number of benzene rings is 2. The maximum atomic E-state index is 13.6. The van der Waals surface area contributed by atoms with Crippen molar-refractivity contribution in [1.82, 2.24) is 4.98 Å². The number of alkyl halides is 2. The largest absolute Gasteiger partial charge is 0.478 e. The molecule has 0 unspecified atom stereocenters. The summed E-state index contributed by atoms with van der Waals surface area (Å²) in [6, 6.07) is 12.0. The molecule has 0 spiro atoms. The molecule has 0 saturated carbocycles. The van der Waals surface area contributed by atoms with E-state index in [2.05, 4.69) is 4.98 Å². The summed E-state index contributed by atoms with van der Waals surface area (Å²) in [5.41, 5.74) is -0.696. The Bertz CT molecular complexity index is 1210. The summed E-state index contributed by atoms with van der Waals surface area (Å²) in [6.07, 6.45) is 0. The second-order valence-electron chi connectivity index (χ2n) is 6.38. The van der Waals surface area contributed by atoms with Gasteiger partial charge in [-0.25, -0.2) is 18.4 Å². The van der Waals surface area contributed by atoms with Gasteiger partial charge in [0.15, 0.2) is 0 Å². The quantitative estimate of drug-likeness (QED) is 0.507. The first-order chi connectivity index (χ1) is 15.3. The predicted molar refractivity (Wildman–Crippen MR) is 106 cm³/mol. The first-order valence-corrected chi connectivity index (χ1v) is 8.97. The van der Waals surface area contributed by atoms with Crippen LogP contribution in [0.4, 0.5) is 8.78 Å². The number of hydrogen-bond donors (Lipinski definition) is 2. The molecule has 0 fully saturated rings. The Balaban J connectivity index is 2.04. The molecule has 10 heteroatoms. The molecular formula is C22H14F2N2O6. The van der Waals surface area contributed by atoms with Gasteiger partial charge in [-0.05, 0) is 42.5 Å². The molecule has 3 aromatic rings. The Kier molecular flexibility index (Phi) is 6.60. The van der Waals surface area contributed by atoms with Crippen molar-refractivity contribution in [3.63, 3.8) is 0 Å². The van der Waals surface area contributed by atoms with Crippen molar-refractivity contribution >= 4 is 11.9 Å². The van der Waals surface area contributed by atoms with Crippen molar-refractivity contribution in [1.29, 1.82) is 5.26 Å². The topological polar surface area (TPSA) is 130 Å². The molecule has 1 aromatic heterocycles. The zero-order valence-electron chi connectivity index (χ0n) is 16.2. The molecule has 8 nitrogen and oxygen atoms in total. The van der Waals surface area contributed by atoms with Crippen molar-refractivity contribution in [2.24, 2.45) is 0 Å². The lowest BCUT2D eigenvalue weighted by Crippen LogP contribution is -2.04. The van der Waals surface area contributed by atoms with Crippen molar-refractivity contribution in [2.45, 2.75) is 13.3 Å². The second-order valence-corrected chi connectivity index (χ2v) is 6.38. The van der Waals surface area contributed by atoms with Gasteiger partial charge in [0.25, 0.3) is 0 Å². The molecule has 0 bridgehead atoms. The number of ether oxygens (including phenoxy) is 2. The number of aromatic nitrogens is 1. The lowest BCUT2D eigenvalue weighted by Gasteiger charge is -2.14. The predicted octanol–water partition coefficient (Wildman–Crippen LogP) is 4.87. The first kappa shape index (κ1) is 22.2. The number of carboxylic acids is 2. The van der Waals surface area contributed by atoms with E-state index in [4.69, 9.17) is 14.7 Å². The minimum Gasteiger partial charge on any atom is -0.478 e. The third kappa shape index (κ3) is 4.96. The van der Waals surface area contributed by atoms with Crippen LogP contribution in [0.5, 0.6) is 23.3 Å². The van der Waals surface area contributed by atoms with Gasteiger partial charge in [0.1, 0.15) is 24.8 Å². The maximum absolute atomic E-state index is 13.6. The molecule has 0 atom stereocenters. The Hall–Kier alpha value is -4.52. The Morgan fingerprint density at radius 1 is 0.875 bits per heavy atom. The fraction of sp³-hybridized carbons (Fsp3) is 0.0909. The fourth-order valence-corrected chi connectivity index (χ4v) is 2.70. The molecule has 162 valence electrons. The van der Waals surface area contributed by atoms with E-state index in [-0.39, 0.29) is 51.1 Å². The van der Waals surface area contributed by atoms with Gasteiger partial charge in [0.05, 0.1) is 22.8 Å². The third-order valence-corrected chi connectivity index (χ3v) is 4.18.